The average Bonchev–Trinajstić information content (AvgIpc) is 3.67. The molecule has 7 heteroatoms. The molecule has 0 aliphatic rings. The second-order valence-electron chi connectivity index (χ2n) is 15.2. The quantitative estimate of drug-likeness (QED) is 0.167. The zero-order valence-electron chi connectivity index (χ0n) is 32.7. The predicted molar refractivity (Wildman–Crippen MR) is 247 cm³/mol. The van der Waals surface area contributed by atoms with Crippen molar-refractivity contribution < 1.29 is 0 Å². The highest BCUT2D eigenvalue weighted by Gasteiger charge is 2.20. The first-order chi connectivity index (χ1) is 30.2. The van der Waals surface area contributed by atoms with Gasteiger partial charge >= 0.3 is 0 Å². The molecule has 61 heavy (non-hydrogen) atoms. The van der Waals surface area contributed by atoms with Crippen molar-refractivity contribution in [2.45, 2.75) is 0 Å². The van der Waals surface area contributed by atoms with E-state index < -0.39 is 0 Å². The van der Waals surface area contributed by atoms with E-state index in [2.05, 4.69) is 137 Å². The predicted octanol–water partition coefficient (Wildman–Crippen LogP) is 12.9. The third kappa shape index (κ3) is 5.82. The Hall–Kier alpha value is -8.42. The van der Waals surface area contributed by atoms with Crippen LogP contribution in [0.4, 0.5) is 0 Å². The lowest BCUT2D eigenvalue weighted by molar-refractivity contribution is 1.14. The Bertz CT molecular complexity index is 3610. The lowest BCUT2D eigenvalue weighted by Gasteiger charge is -2.13. The summed E-state index contributed by atoms with van der Waals surface area (Å²) in [4.78, 5) is 29.1. The Labute approximate surface area is 350 Å². The first kappa shape index (κ1) is 34.6. The standard InChI is InChI=1S/C54H33N7/c1-3-11-40-34(9-1)24-27-56-52(40)37-16-20-47(58-31-37)36-18-23-51-45(29-36)46-30-44(48-21-17-38(32-59-48)53-41-12-4-2-10-35(41)25-28-57-53)42-13-5-6-14-43(42)54(46)61(51)39-19-22-50(60-33-39)49-15-7-8-26-55-49/h1-33H. The third-order valence-electron chi connectivity index (χ3n) is 11.7. The van der Waals surface area contributed by atoms with Gasteiger partial charge < -0.3 is 4.57 Å². The average molecular weight is 780 g/mol. The van der Waals surface area contributed by atoms with Crippen molar-refractivity contribution in [3.8, 4) is 62.1 Å². The Morgan fingerprint density at radius 1 is 0.328 bits per heavy atom. The molecule has 284 valence electrons. The van der Waals surface area contributed by atoms with Gasteiger partial charge in [-0.3, -0.25) is 29.9 Å². The Morgan fingerprint density at radius 2 is 0.918 bits per heavy atom. The van der Waals surface area contributed by atoms with E-state index in [1.165, 1.54) is 0 Å². The van der Waals surface area contributed by atoms with Gasteiger partial charge in [0.25, 0.3) is 0 Å². The van der Waals surface area contributed by atoms with E-state index in [4.69, 9.17) is 24.9 Å². The highest BCUT2D eigenvalue weighted by molar-refractivity contribution is 6.22. The summed E-state index contributed by atoms with van der Waals surface area (Å²) in [7, 11) is 0. The van der Waals surface area contributed by atoms with Crippen molar-refractivity contribution in [1.82, 2.24) is 34.5 Å². The van der Waals surface area contributed by atoms with E-state index >= 15 is 0 Å². The number of benzene rings is 5. The van der Waals surface area contributed by atoms with Gasteiger partial charge in [-0.05, 0) is 95.0 Å². The Kier molecular flexibility index (Phi) is 8.03. The van der Waals surface area contributed by atoms with E-state index in [0.29, 0.717) is 0 Å². The summed E-state index contributed by atoms with van der Waals surface area (Å²) in [6.45, 7) is 0. The summed E-state index contributed by atoms with van der Waals surface area (Å²) in [5.74, 6) is 0. The molecule has 0 atom stereocenters. The van der Waals surface area contributed by atoms with Gasteiger partial charge in [-0.15, -0.1) is 0 Å². The zero-order chi connectivity index (χ0) is 40.3. The van der Waals surface area contributed by atoms with E-state index in [1.54, 1.807) is 6.20 Å². The SMILES string of the molecule is c1ccc(-c2ccc(-n3c4ccc(-c5ccc(-c6nccc7ccccc67)cn5)cc4c4cc(-c5ccc(-c6nccc7ccccc67)cn5)c5ccccc5c43)cn2)nc1. The molecular weight excluding hydrogens is 747 g/mol. The third-order valence-corrected chi connectivity index (χ3v) is 11.7. The minimum Gasteiger partial charge on any atom is -0.307 e. The van der Waals surface area contributed by atoms with Crippen LogP contribution in [0.3, 0.4) is 0 Å². The van der Waals surface area contributed by atoms with Gasteiger partial charge in [0, 0.05) is 80.2 Å². The van der Waals surface area contributed by atoms with E-state index in [1.807, 2.05) is 67.4 Å². The van der Waals surface area contributed by atoms with E-state index in [-0.39, 0.29) is 0 Å². The minimum absolute atomic E-state index is 0.820. The van der Waals surface area contributed by atoms with E-state index in [0.717, 1.165) is 116 Å². The van der Waals surface area contributed by atoms with E-state index in [9.17, 15) is 0 Å². The fourth-order valence-corrected chi connectivity index (χ4v) is 8.79. The normalized spacial score (nSPS) is 11.6. The molecule has 12 rings (SSSR count). The lowest BCUT2D eigenvalue weighted by Crippen LogP contribution is -1.97. The van der Waals surface area contributed by atoms with Crippen molar-refractivity contribution in [1.29, 1.82) is 0 Å². The van der Waals surface area contributed by atoms with Crippen LogP contribution in [-0.2, 0) is 0 Å². The number of nitrogens with zero attached hydrogens (tertiary/aromatic N) is 7. The van der Waals surface area contributed by atoms with Gasteiger partial charge in [-0.2, -0.15) is 0 Å². The maximum atomic E-state index is 5.11. The monoisotopic (exact) mass is 779 g/mol. The molecule has 7 nitrogen and oxygen atoms in total. The number of aromatic nitrogens is 7. The van der Waals surface area contributed by atoms with Gasteiger partial charge in [0.05, 0.1) is 57.1 Å². The summed E-state index contributed by atoms with van der Waals surface area (Å²) in [6.07, 6.45) is 11.4. The highest BCUT2D eigenvalue weighted by Crippen LogP contribution is 2.42. The Morgan fingerprint density at radius 3 is 1.56 bits per heavy atom. The summed E-state index contributed by atoms with van der Waals surface area (Å²) in [5, 5.41) is 8.95. The molecule has 0 spiro atoms. The van der Waals surface area contributed by atoms with Gasteiger partial charge in [-0.25, -0.2) is 0 Å². The van der Waals surface area contributed by atoms with Gasteiger partial charge in [-0.1, -0.05) is 84.9 Å². The molecule has 0 fully saturated rings. The number of hydrogen-bond acceptors (Lipinski definition) is 6. The summed E-state index contributed by atoms with van der Waals surface area (Å²) in [5.41, 5.74) is 12.4. The fraction of sp³-hybridized carbons (Fsp3) is 0. The molecule has 0 bridgehead atoms. The Balaban J connectivity index is 1.04. The van der Waals surface area contributed by atoms with Crippen LogP contribution >= 0.6 is 0 Å². The van der Waals surface area contributed by atoms with Crippen LogP contribution in [0.2, 0.25) is 0 Å². The maximum Gasteiger partial charge on any atom is 0.0887 e. The molecule has 7 aromatic heterocycles. The molecule has 7 heterocycles. The summed E-state index contributed by atoms with van der Waals surface area (Å²) < 4.78 is 2.33. The van der Waals surface area contributed by atoms with Crippen LogP contribution in [0, 0.1) is 0 Å². The molecule has 0 saturated heterocycles. The van der Waals surface area contributed by atoms with Crippen molar-refractivity contribution >= 4 is 54.1 Å². The lowest BCUT2D eigenvalue weighted by atomic mass is 9.96. The molecule has 0 unspecified atom stereocenters. The van der Waals surface area contributed by atoms with Gasteiger partial charge in [0.15, 0.2) is 0 Å². The molecule has 0 aliphatic heterocycles. The van der Waals surface area contributed by atoms with Crippen LogP contribution in [0.15, 0.2) is 201 Å². The largest absolute Gasteiger partial charge is 0.307 e. The van der Waals surface area contributed by atoms with Crippen molar-refractivity contribution in [2.75, 3.05) is 0 Å². The van der Waals surface area contributed by atoms with Gasteiger partial charge in [0.2, 0.25) is 0 Å². The topological polar surface area (TPSA) is 82.3 Å². The molecule has 0 saturated carbocycles. The van der Waals surface area contributed by atoms with Crippen LogP contribution < -0.4 is 0 Å². The van der Waals surface area contributed by atoms with Gasteiger partial charge in [0.1, 0.15) is 0 Å². The van der Waals surface area contributed by atoms with Crippen LogP contribution in [0.25, 0.3) is 116 Å². The smallest absolute Gasteiger partial charge is 0.0887 e. The fourth-order valence-electron chi connectivity index (χ4n) is 8.79. The number of hydrogen-bond donors (Lipinski definition) is 0. The second-order valence-corrected chi connectivity index (χ2v) is 15.2. The van der Waals surface area contributed by atoms with Crippen LogP contribution in [-0.4, -0.2) is 34.5 Å². The van der Waals surface area contributed by atoms with Crippen LogP contribution in [0.5, 0.6) is 0 Å². The van der Waals surface area contributed by atoms with Crippen molar-refractivity contribution in [3.63, 3.8) is 0 Å². The zero-order valence-corrected chi connectivity index (χ0v) is 32.7. The molecule has 5 aromatic carbocycles. The maximum absolute atomic E-state index is 5.11. The first-order valence-electron chi connectivity index (χ1n) is 20.2. The second kappa shape index (κ2) is 14.1. The highest BCUT2D eigenvalue weighted by atomic mass is 15.0. The van der Waals surface area contributed by atoms with Crippen molar-refractivity contribution in [3.05, 3.63) is 201 Å². The first-order valence-corrected chi connectivity index (χ1v) is 20.2. The molecular formula is C54H33N7. The number of rotatable bonds is 6. The summed E-state index contributed by atoms with van der Waals surface area (Å²) in [6, 6.07) is 56.8. The molecule has 0 radical (unpaired) electrons. The molecule has 0 amide bonds. The minimum atomic E-state index is 0.820. The molecule has 12 aromatic rings. The molecule has 0 aliphatic carbocycles. The summed E-state index contributed by atoms with van der Waals surface area (Å²) >= 11 is 0. The number of fused-ring (bicyclic) bond motifs is 7. The molecule has 0 N–H and O–H groups in total. The van der Waals surface area contributed by atoms with Crippen LogP contribution in [0.1, 0.15) is 0 Å². The van der Waals surface area contributed by atoms with Crippen molar-refractivity contribution in [2.24, 2.45) is 0 Å². The number of pyridine rings is 6.